The lowest BCUT2D eigenvalue weighted by Gasteiger charge is -2.46. The van der Waals surface area contributed by atoms with Gasteiger partial charge in [0.1, 0.15) is 12.2 Å². The van der Waals surface area contributed by atoms with Crippen LogP contribution in [0.3, 0.4) is 0 Å². The zero-order valence-corrected chi connectivity index (χ0v) is 7.43. The first-order valence-electron chi connectivity index (χ1n) is 4.72. The van der Waals surface area contributed by atoms with E-state index in [1.807, 2.05) is 4.90 Å². The first-order chi connectivity index (χ1) is 6.20. The molecule has 4 atom stereocenters. The molecule has 0 aliphatic carbocycles. The largest absolute Gasteiger partial charge is 0.389 e. The standard InChI is InChI=1S/C8H16N2O3/c11-5-4-10-3-1-2-9-8(10)7(13)6(5)12/h5-9,11-13H,1-4H2/t5-,6-,7-,8?/m1/s1. The fourth-order valence-electron chi connectivity index (χ4n) is 2.10. The summed E-state index contributed by atoms with van der Waals surface area (Å²) in [5, 5.41) is 31.6. The molecule has 2 saturated heterocycles. The van der Waals surface area contributed by atoms with Crippen molar-refractivity contribution in [3.05, 3.63) is 0 Å². The van der Waals surface area contributed by atoms with Gasteiger partial charge in [0, 0.05) is 13.1 Å². The van der Waals surface area contributed by atoms with E-state index < -0.39 is 18.3 Å². The average molecular weight is 188 g/mol. The van der Waals surface area contributed by atoms with Crippen LogP contribution in [0.15, 0.2) is 0 Å². The minimum Gasteiger partial charge on any atom is -0.389 e. The predicted molar refractivity (Wildman–Crippen MR) is 46.0 cm³/mol. The quantitative estimate of drug-likeness (QED) is 0.344. The van der Waals surface area contributed by atoms with E-state index in [2.05, 4.69) is 5.32 Å². The van der Waals surface area contributed by atoms with Gasteiger partial charge in [0.2, 0.25) is 0 Å². The molecule has 2 fully saturated rings. The topological polar surface area (TPSA) is 76.0 Å². The molecule has 4 N–H and O–H groups in total. The molecule has 0 saturated carbocycles. The van der Waals surface area contributed by atoms with Crippen molar-refractivity contribution < 1.29 is 15.3 Å². The smallest absolute Gasteiger partial charge is 0.111 e. The fraction of sp³-hybridized carbons (Fsp3) is 1.00. The van der Waals surface area contributed by atoms with Gasteiger partial charge in [-0.3, -0.25) is 10.2 Å². The molecule has 13 heavy (non-hydrogen) atoms. The van der Waals surface area contributed by atoms with E-state index in [-0.39, 0.29) is 6.17 Å². The third kappa shape index (κ3) is 1.58. The van der Waals surface area contributed by atoms with Gasteiger partial charge in [-0.2, -0.15) is 0 Å². The maximum absolute atomic E-state index is 9.63. The highest BCUT2D eigenvalue weighted by molar-refractivity contribution is 4.94. The Morgan fingerprint density at radius 1 is 1.15 bits per heavy atom. The van der Waals surface area contributed by atoms with E-state index in [1.165, 1.54) is 0 Å². The highest BCUT2D eigenvalue weighted by atomic mass is 16.4. The van der Waals surface area contributed by atoms with Gasteiger partial charge in [0.05, 0.1) is 12.3 Å². The van der Waals surface area contributed by atoms with Crippen LogP contribution in [0.4, 0.5) is 0 Å². The highest BCUT2D eigenvalue weighted by Crippen LogP contribution is 2.19. The van der Waals surface area contributed by atoms with E-state index in [0.717, 1.165) is 19.5 Å². The van der Waals surface area contributed by atoms with Gasteiger partial charge in [-0.25, -0.2) is 0 Å². The van der Waals surface area contributed by atoms with Crippen LogP contribution in [0.25, 0.3) is 0 Å². The van der Waals surface area contributed by atoms with Gasteiger partial charge in [-0.1, -0.05) is 0 Å². The SMILES string of the molecule is O[C@@H]1[C@H](O)CN2CCCNC2[C@@H]1O. The van der Waals surface area contributed by atoms with E-state index in [1.54, 1.807) is 0 Å². The van der Waals surface area contributed by atoms with Crippen molar-refractivity contribution in [1.29, 1.82) is 0 Å². The molecule has 2 aliphatic rings. The number of nitrogens with one attached hydrogen (secondary N) is 1. The van der Waals surface area contributed by atoms with Gasteiger partial charge in [0.15, 0.2) is 0 Å². The lowest BCUT2D eigenvalue weighted by Crippen LogP contribution is -2.68. The van der Waals surface area contributed by atoms with Gasteiger partial charge in [-0.15, -0.1) is 0 Å². The molecular weight excluding hydrogens is 172 g/mol. The van der Waals surface area contributed by atoms with E-state index in [4.69, 9.17) is 0 Å². The average Bonchev–Trinajstić information content (AvgIpc) is 2.15. The third-order valence-electron chi connectivity index (χ3n) is 2.86. The van der Waals surface area contributed by atoms with Crippen molar-refractivity contribution in [2.24, 2.45) is 0 Å². The lowest BCUT2D eigenvalue weighted by atomic mass is 9.97. The summed E-state index contributed by atoms with van der Waals surface area (Å²) in [5.74, 6) is 0. The summed E-state index contributed by atoms with van der Waals surface area (Å²) in [6, 6.07) is 0. The van der Waals surface area contributed by atoms with Gasteiger partial charge >= 0.3 is 0 Å². The predicted octanol–water partition coefficient (Wildman–Crippen LogP) is -2.30. The minimum absolute atomic E-state index is 0.188. The van der Waals surface area contributed by atoms with Gasteiger partial charge in [0.25, 0.3) is 0 Å². The molecule has 5 heteroatoms. The summed E-state index contributed by atoms with van der Waals surface area (Å²) < 4.78 is 0. The molecule has 0 amide bonds. The van der Waals surface area contributed by atoms with Crippen LogP contribution in [0, 0.1) is 0 Å². The highest BCUT2D eigenvalue weighted by Gasteiger charge is 2.41. The van der Waals surface area contributed by atoms with E-state index in [9.17, 15) is 15.3 Å². The number of hydrogen-bond acceptors (Lipinski definition) is 5. The van der Waals surface area contributed by atoms with Crippen molar-refractivity contribution in [2.45, 2.75) is 30.9 Å². The molecular formula is C8H16N2O3. The molecule has 5 nitrogen and oxygen atoms in total. The van der Waals surface area contributed by atoms with E-state index >= 15 is 0 Å². The summed E-state index contributed by atoms with van der Waals surface area (Å²) in [6.07, 6.45) is -1.90. The number of nitrogens with zero attached hydrogens (tertiary/aromatic N) is 1. The Hall–Kier alpha value is -0.200. The monoisotopic (exact) mass is 188 g/mol. The van der Waals surface area contributed by atoms with Crippen LogP contribution in [0.5, 0.6) is 0 Å². The Balaban J connectivity index is 2.08. The second-order valence-corrected chi connectivity index (χ2v) is 3.80. The number of hydrogen-bond donors (Lipinski definition) is 4. The molecule has 0 bridgehead atoms. The normalized spacial score (nSPS) is 47.3. The first kappa shape index (κ1) is 9.36. The van der Waals surface area contributed by atoms with Crippen molar-refractivity contribution in [1.82, 2.24) is 10.2 Å². The molecule has 2 heterocycles. The van der Waals surface area contributed by atoms with Gasteiger partial charge < -0.3 is 15.3 Å². The third-order valence-corrected chi connectivity index (χ3v) is 2.86. The van der Waals surface area contributed by atoms with Crippen molar-refractivity contribution in [3.63, 3.8) is 0 Å². The molecule has 0 aromatic heterocycles. The summed E-state index contributed by atoms with van der Waals surface area (Å²) >= 11 is 0. The Morgan fingerprint density at radius 3 is 2.69 bits per heavy atom. The molecule has 2 aliphatic heterocycles. The maximum atomic E-state index is 9.63. The zero-order chi connectivity index (χ0) is 9.42. The Kier molecular flexibility index (Phi) is 2.53. The zero-order valence-electron chi connectivity index (χ0n) is 7.43. The summed E-state index contributed by atoms with van der Waals surface area (Å²) in [5.41, 5.74) is 0. The second-order valence-electron chi connectivity index (χ2n) is 3.80. The fourth-order valence-corrected chi connectivity index (χ4v) is 2.10. The number of piperidine rings is 1. The van der Waals surface area contributed by atoms with Crippen LogP contribution < -0.4 is 5.32 Å². The van der Waals surface area contributed by atoms with Crippen LogP contribution in [-0.4, -0.2) is 64.3 Å². The molecule has 0 spiro atoms. The van der Waals surface area contributed by atoms with Crippen molar-refractivity contribution in [3.8, 4) is 0 Å². The van der Waals surface area contributed by atoms with Crippen LogP contribution in [0.2, 0.25) is 0 Å². The van der Waals surface area contributed by atoms with E-state index in [0.29, 0.717) is 6.54 Å². The Morgan fingerprint density at radius 2 is 1.92 bits per heavy atom. The minimum atomic E-state index is -1.02. The molecule has 76 valence electrons. The molecule has 0 aromatic carbocycles. The summed E-state index contributed by atoms with van der Waals surface area (Å²) in [6.45, 7) is 2.18. The van der Waals surface area contributed by atoms with Gasteiger partial charge in [-0.05, 0) is 13.0 Å². The lowest BCUT2D eigenvalue weighted by molar-refractivity contribution is -0.149. The Bertz CT molecular complexity index is 188. The maximum Gasteiger partial charge on any atom is 0.111 e. The van der Waals surface area contributed by atoms with Crippen molar-refractivity contribution in [2.75, 3.05) is 19.6 Å². The van der Waals surface area contributed by atoms with Crippen molar-refractivity contribution >= 4 is 0 Å². The number of aliphatic hydroxyl groups is 3. The number of fused-ring (bicyclic) bond motifs is 1. The Labute approximate surface area is 77.0 Å². The molecule has 0 aromatic rings. The first-order valence-corrected chi connectivity index (χ1v) is 4.72. The number of rotatable bonds is 0. The molecule has 1 unspecified atom stereocenters. The summed E-state index contributed by atoms with van der Waals surface area (Å²) in [7, 11) is 0. The van der Waals surface area contributed by atoms with Crippen LogP contribution in [0.1, 0.15) is 6.42 Å². The molecule has 2 rings (SSSR count). The van der Waals surface area contributed by atoms with Crippen LogP contribution >= 0.6 is 0 Å². The van der Waals surface area contributed by atoms with Crippen LogP contribution in [-0.2, 0) is 0 Å². The second kappa shape index (κ2) is 3.51. The summed E-state index contributed by atoms with van der Waals surface area (Å²) in [4.78, 5) is 1.98. The number of aliphatic hydroxyl groups excluding tert-OH is 3. The molecule has 0 radical (unpaired) electrons.